The molecule has 0 aromatic heterocycles. The molecule has 0 radical (unpaired) electrons. The molecule has 0 bridgehead atoms. The van der Waals surface area contributed by atoms with Crippen LogP contribution in [0.4, 0.5) is 0 Å². The molecule has 1 aliphatic heterocycles. The Morgan fingerprint density at radius 3 is 2.57 bits per heavy atom. The van der Waals surface area contributed by atoms with E-state index in [1.165, 1.54) is 12.2 Å². The van der Waals surface area contributed by atoms with Crippen LogP contribution in [0.3, 0.4) is 0 Å². The number of carbonyl (C=O) groups excluding carboxylic acids is 2. The SMILES string of the molecule is C/C=C/C1=C(CC(=O)O)C(=O)OC1=O. The van der Waals surface area contributed by atoms with Crippen molar-refractivity contribution < 1.29 is 24.2 Å². The first-order chi connectivity index (χ1) is 6.56. The van der Waals surface area contributed by atoms with Gasteiger partial charge in [0.1, 0.15) is 0 Å². The normalized spacial score (nSPS) is 16.6. The van der Waals surface area contributed by atoms with E-state index in [-0.39, 0.29) is 11.1 Å². The van der Waals surface area contributed by atoms with Gasteiger partial charge in [0.15, 0.2) is 0 Å². The monoisotopic (exact) mass is 196 g/mol. The third kappa shape index (κ3) is 1.87. The zero-order valence-corrected chi connectivity index (χ0v) is 7.44. The highest BCUT2D eigenvalue weighted by atomic mass is 16.6. The number of rotatable bonds is 3. The van der Waals surface area contributed by atoms with Crippen molar-refractivity contribution in [3.05, 3.63) is 23.3 Å². The molecule has 1 rings (SSSR count). The molecule has 0 saturated heterocycles. The maximum Gasteiger partial charge on any atom is 0.346 e. The van der Waals surface area contributed by atoms with Gasteiger partial charge >= 0.3 is 17.9 Å². The van der Waals surface area contributed by atoms with Crippen LogP contribution in [0, 0.1) is 0 Å². The van der Waals surface area contributed by atoms with Crippen LogP contribution in [0.2, 0.25) is 0 Å². The minimum absolute atomic E-state index is 0.0277. The van der Waals surface area contributed by atoms with Crippen LogP contribution in [0.15, 0.2) is 23.3 Å². The second-order valence-corrected chi connectivity index (χ2v) is 2.64. The van der Waals surface area contributed by atoms with E-state index in [1.807, 2.05) is 0 Å². The summed E-state index contributed by atoms with van der Waals surface area (Å²) in [6.45, 7) is 1.65. The summed E-state index contributed by atoms with van der Waals surface area (Å²) in [6, 6.07) is 0. The first kappa shape index (κ1) is 10.2. The van der Waals surface area contributed by atoms with Crippen LogP contribution in [-0.4, -0.2) is 23.0 Å². The predicted molar refractivity (Wildman–Crippen MR) is 45.2 cm³/mol. The second-order valence-electron chi connectivity index (χ2n) is 2.64. The Balaban J connectivity index is 3.08. The first-order valence-corrected chi connectivity index (χ1v) is 3.90. The summed E-state index contributed by atoms with van der Waals surface area (Å²) in [5.74, 6) is -2.83. The molecule has 1 N–H and O–H groups in total. The Morgan fingerprint density at radius 2 is 2.07 bits per heavy atom. The molecule has 14 heavy (non-hydrogen) atoms. The Hall–Kier alpha value is -1.91. The molecule has 0 atom stereocenters. The number of aliphatic carboxylic acids is 1. The maximum atomic E-state index is 11.0. The van der Waals surface area contributed by atoms with Crippen LogP contribution in [-0.2, 0) is 19.1 Å². The van der Waals surface area contributed by atoms with Crippen molar-refractivity contribution in [2.45, 2.75) is 13.3 Å². The third-order valence-corrected chi connectivity index (χ3v) is 1.64. The van der Waals surface area contributed by atoms with Crippen molar-refractivity contribution in [2.75, 3.05) is 0 Å². The van der Waals surface area contributed by atoms with E-state index in [0.29, 0.717) is 0 Å². The highest BCUT2D eigenvalue weighted by molar-refractivity contribution is 6.15. The lowest BCUT2D eigenvalue weighted by Gasteiger charge is -1.92. The smallest absolute Gasteiger partial charge is 0.346 e. The number of allylic oxidation sites excluding steroid dienone is 1. The quantitative estimate of drug-likeness (QED) is 0.522. The van der Waals surface area contributed by atoms with Gasteiger partial charge in [-0.05, 0) is 6.92 Å². The molecule has 1 heterocycles. The fourth-order valence-corrected chi connectivity index (χ4v) is 1.09. The van der Waals surface area contributed by atoms with Gasteiger partial charge in [0.05, 0.1) is 17.6 Å². The molecule has 74 valence electrons. The van der Waals surface area contributed by atoms with E-state index in [4.69, 9.17) is 5.11 Å². The summed E-state index contributed by atoms with van der Waals surface area (Å²) in [5.41, 5.74) is -0.0690. The largest absolute Gasteiger partial charge is 0.481 e. The molecule has 0 spiro atoms. The van der Waals surface area contributed by atoms with Gasteiger partial charge < -0.3 is 9.84 Å². The van der Waals surface area contributed by atoms with E-state index in [1.54, 1.807) is 6.92 Å². The molecule has 0 aliphatic carbocycles. The van der Waals surface area contributed by atoms with Crippen molar-refractivity contribution in [1.82, 2.24) is 0 Å². The molecule has 0 unspecified atom stereocenters. The van der Waals surface area contributed by atoms with Gasteiger partial charge in [0, 0.05) is 0 Å². The number of carboxylic acids is 1. The standard InChI is InChI=1S/C9H8O5/c1-2-3-5-6(4-7(10)11)9(13)14-8(5)12/h2-3H,4H2,1H3,(H,10,11)/b3-2+. The Kier molecular flexibility index (Phi) is 2.81. The van der Waals surface area contributed by atoms with Gasteiger partial charge in [0.2, 0.25) is 0 Å². The van der Waals surface area contributed by atoms with E-state index >= 15 is 0 Å². The minimum atomic E-state index is -1.17. The maximum absolute atomic E-state index is 11.0. The molecule has 0 saturated carbocycles. The Bertz CT molecular complexity index is 361. The number of esters is 2. The van der Waals surface area contributed by atoms with Gasteiger partial charge in [-0.1, -0.05) is 12.2 Å². The predicted octanol–water partition coefficient (Wildman–Crippen LogP) is 0.417. The summed E-state index contributed by atoms with van der Waals surface area (Å²) >= 11 is 0. The number of hydrogen-bond acceptors (Lipinski definition) is 4. The Morgan fingerprint density at radius 1 is 1.43 bits per heavy atom. The van der Waals surface area contributed by atoms with Gasteiger partial charge in [-0.2, -0.15) is 0 Å². The molecule has 0 aromatic rings. The van der Waals surface area contributed by atoms with Crippen molar-refractivity contribution in [3.63, 3.8) is 0 Å². The van der Waals surface area contributed by atoms with Gasteiger partial charge in [-0.3, -0.25) is 4.79 Å². The van der Waals surface area contributed by atoms with Crippen LogP contribution in [0.1, 0.15) is 13.3 Å². The van der Waals surface area contributed by atoms with Crippen molar-refractivity contribution >= 4 is 17.9 Å². The van der Waals surface area contributed by atoms with Gasteiger partial charge in [-0.25, -0.2) is 9.59 Å². The molecule has 0 fully saturated rings. The number of carboxylic acid groups (broad SMARTS) is 1. The minimum Gasteiger partial charge on any atom is -0.481 e. The zero-order valence-electron chi connectivity index (χ0n) is 7.44. The van der Waals surface area contributed by atoms with Crippen LogP contribution in [0.25, 0.3) is 0 Å². The molecular formula is C9H8O5. The number of hydrogen-bond donors (Lipinski definition) is 1. The summed E-state index contributed by atoms with van der Waals surface area (Å²) in [5, 5.41) is 8.49. The van der Waals surface area contributed by atoms with E-state index < -0.39 is 24.3 Å². The molecule has 1 aliphatic rings. The van der Waals surface area contributed by atoms with Crippen LogP contribution < -0.4 is 0 Å². The van der Waals surface area contributed by atoms with Crippen molar-refractivity contribution in [2.24, 2.45) is 0 Å². The van der Waals surface area contributed by atoms with E-state index in [9.17, 15) is 14.4 Å². The summed E-state index contributed by atoms with van der Waals surface area (Å²) in [4.78, 5) is 32.4. The summed E-state index contributed by atoms with van der Waals surface area (Å²) in [7, 11) is 0. The van der Waals surface area contributed by atoms with Crippen molar-refractivity contribution in [3.8, 4) is 0 Å². The number of ether oxygens (including phenoxy) is 1. The van der Waals surface area contributed by atoms with E-state index in [0.717, 1.165) is 0 Å². The zero-order chi connectivity index (χ0) is 10.7. The van der Waals surface area contributed by atoms with E-state index in [2.05, 4.69) is 4.74 Å². The van der Waals surface area contributed by atoms with Crippen LogP contribution >= 0.6 is 0 Å². The Labute approximate surface area is 79.7 Å². The number of cyclic esters (lactones) is 2. The van der Waals surface area contributed by atoms with Gasteiger partial charge in [0.25, 0.3) is 0 Å². The molecule has 0 aromatic carbocycles. The van der Waals surface area contributed by atoms with Crippen LogP contribution in [0.5, 0.6) is 0 Å². The highest BCUT2D eigenvalue weighted by Crippen LogP contribution is 2.21. The lowest BCUT2D eigenvalue weighted by atomic mass is 10.1. The highest BCUT2D eigenvalue weighted by Gasteiger charge is 2.32. The summed E-state index contributed by atoms with van der Waals surface area (Å²) < 4.78 is 4.27. The topological polar surface area (TPSA) is 80.7 Å². The first-order valence-electron chi connectivity index (χ1n) is 3.90. The van der Waals surface area contributed by atoms with Gasteiger partial charge in [-0.15, -0.1) is 0 Å². The second kappa shape index (κ2) is 3.87. The fraction of sp³-hybridized carbons (Fsp3) is 0.222. The lowest BCUT2D eigenvalue weighted by Crippen LogP contribution is -2.05. The molecule has 0 amide bonds. The molecule has 5 heteroatoms. The average molecular weight is 196 g/mol. The fourth-order valence-electron chi connectivity index (χ4n) is 1.09. The lowest BCUT2D eigenvalue weighted by molar-refractivity contribution is -0.151. The number of carbonyl (C=O) groups is 3. The average Bonchev–Trinajstić information content (AvgIpc) is 2.31. The summed E-state index contributed by atoms with van der Waals surface area (Å²) in [6.07, 6.45) is 2.41. The van der Waals surface area contributed by atoms with Crippen molar-refractivity contribution in [1.29, 1.82) is 0 Å². The molecule has 5 nitrogen and oxygen atoms in total. The third-order valence-electron chi connectivity index (χ3n) is 1.64. The molecular weight excluding hydrogens is 188 g/mol.